The number of benzene rings is 1. The predicted octanol–water partition coefficient (Wildman–Crippen LogP) is 2.63. The monoisotopic (exact) mass is 427 g/mol. The lowest BCUT2D eigenvalue weighted by molar-refractivity contribution is -0.118. The van der Waals surface area contributed by atoms with Gasteiger partial charge in [0.05, 0.1) is 41.9 Å². The highest BCUT2D eigenvalue weighted by Gasteiger charge is 2.17. The van der Waals surface area contributed by atoms with Gasteiger partial charge in [0.2, 0.25) is 5.91 Å². The van der Waals surface area contributed by atoms with Crippen LogP contribution < -0.4 is 5.32 Å². The fraction of sp³-hybridized carbons (Fsp3) is 0.286. The molecule has 0 unspecified atom stereocenters. The Kier molecular flexibility index (Phi) is 8.38. The lowest BCUT2D eigenvalue weighted by Gasteiger charge is -2.09. The van der Waals surface area contributed by atoms with Crippen LogP contribution in [0.1, 0.15) is 44.5 Å². The Morgan fingerprint density at radius 2 is 1.90 bits per heavy atom. The maximum absolute atomic E-state index is 12.2. The third kappa shape index (κ3) is 6.06. The summed E-state index contributed by atoms with van der Waals surface area (Å²) in [5.74, 6) is -1.14. The standard InChI is InChI=1S/C21H21N3O5S/c1-4-29-21(27)17-9-16(10-22)19(24-13(17)2)30-12-18(25)23-11-14-5-7-15(8-6-14)20(26)28-3/h5-9H,4,11-12H2,1-3H3,(H,23,25). The molecule has 0 radical (unpaired) electrons. The van der Waals surface area contributed by atoms with E-state index in [0.717, 1.165) is 17.3 Å². The van der Waals surface area contributed by atoms with Crippen LogP contribution in [-0.4, -0.2) is 42.3 Å². The molecule has 0 spiro atoms. The third-order valence-corrected chi connectivity index (χ3v) is 4.99. The fourth-order valence-corrected chi connectivity index (χ4v) is 3.28. The van der Waals surface area contributed by atoms with Gasteiger partial charge >= 0.3 is 11.9 Å². The van der Waals surface area contributed by atoms with E-state index in [0.29, 0.717) is 22.8 Å². The molecule has 0 aliphatic carbocycles. The molecular weight excluding hydrogens is 406 g/mol. The Morgan fingerprint density at radius 1 is 1.20 bits per heavy atom. The lowest BCUT2D eigenvalue weighted by atomic mass is 10.1. The number of rotatable bonds is 8. The first kappa shape index (κ1) is 22.9. The van der Waals surface area contributed by atoms with Crippen LogP contribution in [0.25, 0.3) is 0 Å². The number of carbonyl (C=O) groups is 3. The van der Waals surface area contributed by atoms with Gasteiger partial charge in [0.15, 0.2) is 0 Å². The first-order valence-electron chi connectivity index (χ1n) is 9.05. The van der Waals surface area contributed by atoms with Gasteiger partial charge in [0.1, 0.15) is 11.1 Å². The van der Waals surface area contributed by atoms with E-state index in [4.69, 9.17) is 4.74 Å². The van der Waals surface area contributed by atoms with Gasteiger partial charge in [-0.2, -0.15) is 5.26 Å². The molecule has 0 bridgehead atoms. The molecule has 0 aliphatic heterocycles. The lowest BCUT2D eigenvalue weighted by Crippen LogP contribution is -2.24. The molecule has 1 N–H and O–H groups in total. The van der Waals surface area contributed by atoms with Crippen molar-refractivity contribution < 1.29 is 23.9 Å². The van der Waals surface area contributed by atoms with E-state index in [2.05, 4.69) is 15.0 Å². The first-order valence-corrected chi connectivity index (χ1v) is 10.0. The van der Waals surface area contributed by atoms with E-state index >= 15 is 0 Å². The van der Waals surface area contributed by atoms with E-state index in [1.807, 2.05) is 6.07 Å². The van der Waals surface area contributed by atoms with Gasteiger partial charge in [0.25, 0.3) is 0 Å². The van der Waals surface area contributed by atoms with Crippen LogP contribution in [0.2, 0.25) is 0 Å². The minimum absolute atomic E-state index is 0.0557. The summed E-state index contributed by atoms with van der Waals surface area (Å²) < 4.78 is 9.60. The number of nitrogens with zero attached hydrogens (tertiary/aromatic N) is 2. The number of hydrogen-bond donors (Lipinski definition) is 1. The number of thioether (sulfide) groups is 1. The number of carbonyl (C=O) groups excluding carboxylic acids is 3. The van der Waals surface area contributed by atoms with Crippen LogP contribution in [0.3, 0.4) is 0 Å². The van der Waals surface area contributed by atoms with Gasteiger partial charge in [-0.15, -0.1) is 0 Å². The predicted molar refractivity (Wildman–Crippen MR) is 110 cm³/mol. The number of amides is 1. The van der Waals surface area contributed by atoms with Crippen molar-refractivity contribution in [3.05, 3.63) is 58.3 Å². The fourth-order valence-electron chi connectivity index (χ4n) is 2.45. The van der Waals surface area contributed by atoms with Crippen LogP contribution in [-0.2, 0) is 20.8 Å². The molecule has 1 amide bonds. The van der Waals surface area contributed by atoms with Crippen molar-refractivity contribution in [3.63, 3.8) is 0 Å². The maximum atomic E-state index is 12.2. The minimum Gasteiger partial charge on any atom is -0.465 e. The highest BCUT2D eigenvalue weighted by Crippen LogP contribution is 2.23. The van der Waals surface area contributed by atoms with Crippen molar-refractivity contribution in [1.82, 2.24) is 10.3 Å². The summed E-state index contributed by atoms with van der Waals surface area (Å²) in [6.45, 7) is 3.86. The number of aromatic nitrogens is 1. The van der Waals surface area contributed by atoms with Crippen molar-refractivity contribution in [1.29, 1.82) is 5.26 Å². The highest BCUT2D eigenvalue weighted by atomic mass is 32.2. The smallest absolute Gasteiger partial charge is 0.340 e. The molecule has 0 aliphatic rings. The summed E-state index contributed by atoms with van der Waals surface area (Å²) >= 11 is 1.11. The molecule has 0 saturated heterocycles. The van der Waals surface area contributed by atoms with Crippen LogP contribution in [0.4, 0.5) is 0 Å². The van der Waals surface area contributed by atoms with Gasteiger partial charge in [-0.25, -0.2) is 14.6 Å². The molecule has 156 valence electrons. The zero-order valence-electron chi connectivity index (χ0n) is 16.9. The topological polar surface area (TPSA) is 118 Å². The van der Waals surface area contributed by atoms with E-state index in [1.165, 1.54) is 13.2 Å². The number of esters is 2. The number of nitrogens with one attached hydrogen (secondary N) is 1. The van der Waals surface area contributed by atoms with Crippen molar-refractivity contribution >= 4 is 29.6 Å². The third-order valence-electron chi connectivity index (χ3n) is 4.00. The Labute approximate surface area is 178 Å². The van der Waals surface area contributed by atoms with Crippen molar-refractivity contribution in [3.8, 4) is 6.07 Å². The zero-order valence-corrected chi connectivity index (χ0v) is 17.7. The van der Waals surface area contributed by atoms with Crippen LogP contribution in [0, 0.1) is 18.3 Å². The molecule has 30 heavy (non-hydrogen) atoms. The van der Waals surface area contributed by atoms with E-state index < -0.39 is 11.9 Å². The second kappa shape index (κ2) is 11.0. The largest absolute Gasteiger partial charge is 0.465 e. The van der Waals surface area contributed by atoms with Gasteiger partial charge in [-0.3, -0.25) is 4.79 Å². The Morgan fingerprint density at radius 3 is 2.50 bits per heavy atom. The number of hydrogen-bond acceptors (Lipinski definition) is 8. The molecular formula is C21H21N3O5S. The zero-order chi connectivity index (χ0) is 22.1. The van der Waals surface area contributed by atoms with Gasteiger partial charge in [-0.1, -0.05) is 23.9 Å². The summed E-state index contributed by atoms with van der Waals surface area (Å²) in [6.07, 6.45) is 0. The van der Waals surface area contributed by atoms with E-state index in [9.17, 15) is 19.6 Å². The second-order valence-corrected chi connectivity index (χ2v) is 7.02. The molecule has 2 rings (SSSR count). The molecule has 1 aromatic carbocycles. The second-order valence-electron chi connectivity index (χ2n) is 6.06. The van der Waals surface area contributed by atoms with Gasteiger partial charge in [0, 0.05) is 6.54 Å². The molecule has 1 aromatic heterocycles. The average Bonchev–Trinajstić information content (AvgIpc) is 2.76. The Bertz CT molecular complexity index is 983. The average molecular weight is 427 g/mol. The van der Waals surface area contributed by atoms with E-state index in [1.54, 1.807) is 38.1 Å². The van der Waals surface area contributed by atoms with Crippen molar-refractivity contribution in [2.75, 3.05) is 19.5 Å². The number of pyridine rings is 1. The quantitative estimate of drug-likeness (QED) is 0.504. The maximum Gasteiger partial charge on any atom is 0.340 e. The summed E-state index contributed by atoms with van der Waals surface area (Å²) in [5.41, 5.74) is 2.13. The SMILES string of the molecule is CCOC(=O)c1cc(C#N)c(SCC(=O)NCc2ccc(C(=O)OC)cc2)nc1C. The summed E-state index contributed by atoms with van der Waals surface area (Å²) in [4.78, 5) is 39.8. The van der Waals surface area contributed by atoms with Crippen molar-refractivity contribution in [2.45, 2.75) is 25.4 Å². The van der Waals surface area contributed by atoms with Gasteiger partial charge in [-0.05, 0) is 37.6 Å². The number of aryl methyl sites for hydroxylation is 1. The van der Waals surface area contributed by atoms with E-state index in [-0.39, 0.29) is 29.4 Å². The Hall–Kier alpha value is -3.38. The minimum atomic E-state index is -0.536. The molecule has 0 fully saturated rings. The molecule has 0 saturated carbocycles. The normalized spacial score (nSPS) is 10.1. The molecule has 2 aromatic rings. The summed E-state index contributed by atoms with van der Waals surface area (Å²) in [5, 5.41) is 12.5. The number of ether oxygens (including phenoxy) is 2. The van der Waals surface area contributed by atoms with Gasteiger partial charge < -0.3 is 14.8 Å². The molecule has 8 nitrogen and oxygen atoms in total. The Balaban J connectivity index is 1.95. The van der Waals surface area contributed by atoms with Crippen LogP contribution in [0.15, 0.2) is 35.4 Å². The molecule has 9 heteroatoms. The van der Waals surface area contributed by atoms with Crippen LogP contribution in [0.5, 0.6) is 0 Å². The number of methoxy groups -OCH3 is 1. The summed E-state index contributed by atoms with van der Waals surface area (Å²) in [7, 11) is 1.31. The van der Waals surface area contributed by atoms with Crippen molar-refractivity contribution in [2.24, 2.45) is 0 Å². The summed E-state index contributed by atoms with van der Waals surface area (Å²) in [6, 6.07) is 10.1. The first-order chi connectivity index (χ1) is 14.4. The number of nitriles is 1. The van der Waals surface area contributed by atoms with Crippen LogP contribution >= 0.6 is 11.8 Å². The molecule has 1 heterocycles. The molecule has 0 atom stereocenters. The highest BCUT2D eigenvalue weighted by molar-refractivity contribution is 8.00.